The van der Waals surface area contributed by atoms with Crippen molar-refractivity contribution in [3.63, 3.8) is 0 Å². The van der Waals surface area contributed by atoms with Gasteiger partial charge in [-0.05, 0) is 31.5 Å². The van der Waals surface area contributed by atoms with Crippen molar-refractivity contribution in [2.45, 2.75) is 26.3 Å². The molecule has 0 fully saturated rings. The van der Waals surface area contributed by atoms with Crippen LogP contribution in [-0.4, -0.2) is 24.5 Å². The van der Waals surface area contributed by atoms with E-state index in [4.69, 9.17) is 5.26 Å². The Kier molecular flexibility index (Phi) is 6.04. The second-order valence-corrected chi connectivity index (χ2v) is 4.25. The van der Waals surface area contributed by atoms with Crippen LogP contribution in [0.15, 0.2) is 24.3 Å². The topological polar surface area (TPSA) is 94.0 Å². The first-order valence-electron chi connectivity index (χ1n) is 6.38. The van der Waals surface area contributed by atoms with Crippen LogP contribution in [0.4, 0.5) is 10.5 Å². The number of nitrogens with zero attached hydrogens (tertiary/aromatic N) is 1. The zero-order valence-corrected chi connectivity index (χ0v) is 11.6. The molecule has 1 unspecified atom stereocenters. The summed E-state index contributed by atoms with van der Waals surface area (Å²) in [4.78, 5) is 23.0. The van der Waals surface area contributed by atoms with Crippen LogP contribution in [0, 0.1) is 11.3 Å². The number of amides is 3. The van der Waals surface area contributed by atoms with E-state index in [1.54, 1.807) is 26.0 Å². The highest BCUT2D eigenvalue weighted by atomic mass is 16.2. The maximum absolute atomic E-state index is 11.7. The van der Waals surface area contributed by atoms with Crippen molar-refractivity contribution in [3.05, 3.63) is 29.8 Å². The lowest BCUT2D eigenvalue weighted by molar-refractivity contribution is -0.120. The Balaban J connectivity index is 2.52. The fourth-order valence-corrected chi connectivity index (χ4v) is 1.55. The lowest BCUT2D eigenvalue weighted by atomic mass is 10.1. The predicted molar refractivity (Wildman–Crippen MR) is 76.1 cm³/mol. The number of imide groups is 1. The van der Waals surface area contributed by atoms with Gasteiger partial charge in [-0.15, -0.1) is 0 Å². The first-order chi connectivity index (χ1) is 9.56. The van der Waals surface area contributed by atoms with Crippen LogP contribution in [-0.2, 0) is 11.2 Å². The van der Waals surface area contributed by atoms with Gasteiger partial charge in [-0.2, -0.15) is 5.26 Å². The predicted octanol–water partition coefficient (Wildman–Crippen LogP) is 1.40. The molecule has 0 aliphatic rings. The zero-order valence-electron chi connectivity index (χ0n) is 11.6. The number of carbonyl (C=O) groups excluding carboxylic acids is 2. The van der Waals surface area contributed by atoms with Crippen molar-refractivity contribution in [1.82, 2.24) is 10.6 Å². The lowest BCUT2D eigenvalue weighted by Gasteiger charge is -2.15. The van der Waals surface area contributed by atoms with Gasteiger partial charge >= 0.3 is 6.03 Å². The van der Waals surface area contributed by atoms with Gasteiger partial charge in [-0.3, -0.25) is 10.1 Å². The molecule has 3 N–H and O–H groups in total. The highest BCUT2D eigenvalue weighted by Crippen LogP contribution is 2.11. The van der Waals surface area contributed by atoms with E-state index in [-0.39, 0.29) is 0 Å². The van der Waals surface area contributed by atoms with Gasteiger partial charge in [0.1, 0.15) is 6.04 Å². The normalized spacial score (nSPS) is 11.1. The van der Waals surface area contributed by atoms with Gasteiger partial charge in [0.25, 0.3) is 0 Å². The summed E-state index contributed by atoms with van der Waals surface area (Å²) in [6.45, 7) is 3.90. The Morgan fingerprint density at radius 3 is 2.50 bits per heavy atom. The second kappa shape index (κ2) is 7.79. The van der Waals surface area contributed by atoms with E-state index in [0.717, 1.165) is 11.3 Å². The molecule has 0 bridgehead atoms. The van der Waals surface area contributed by atoms with Crippen LogP contribution in [0.5, 0.6) is 0 Å². The maximum Gasteiger partial charge on any atom is 0.321 e. The van der Waals surface area contributed by atoms with Gasteiger partial charge in [-0.1, -0.05) is 12.1 Å². The number of rotatable bonds is 5. The molecular weight excluding hydrogens is 256 g/mol. The summed E-state index contributed by atoms with van der Waals surface area (Å²) < 4.78 is 0. The fraction of sp³-hybridized carbons (Fsp3) is 0.357. The Bertz CT molecular complexity index is 505. The summed E-state index contributed by atoms with van der Waals surface area (Å²) in [5.41, 5.74) is 1.67. The molecule has 20 heavy (non-hydrogen) atoms. The quantitative estimate of drug-likeness (QED) is 0.756. The lowest BCUT2D eigenvalue weighted by Crippen LogP contribution is -2.45. The zero-order chi connectivity index (χ0) is 15.0. The number of benzene rings is 1. The van der Waals surface area contributed by atoms with Crippen molar-refractivity contribution in [1.29, 1.82) is 5.26 Å². The Labute approximate surface area is 118 Å². The van der Waals surface area contributed by atoms with E-state index in [2.05, 4.69) is 22.0 Å². The molecular formula is C14H18N4O2. The largest absolute Gasteiger partial charge is 0.374 e. The van der Waals surface area contributed by atoms with E-state index in [0.29, 0.717) is 13.0 Å². The molecule has 0 saturated heterocycles. The number of hydrogen-bond acceptors (Lipinski definition) is 4. The van der Waals surface area contributed by atoms with E-state index < -0.39 is 18.0 Å². The molecule has 1 aromatic rings. The van der Waals surface area contributed by atoms with Gasteiger partial charge in [-0.25, -0.2) is 4.79 Å². The third-order valence-electron chi connectivity index (χ3n) is 2.59. The SMILES string of the molecule is CCNC(=O)NC(=O)C(C)Nc1ccc(CC#N)cc1. The summed E-state index contributed by atoms with van der Waals surface area (Å²) in [5.74, 6) is -0.406. The highest BCUT2D eigenvalue weighted by Gasteiger charge is 2.14. The molecule has 106 valence electrons. The van der Waals surface area contributed by atoms with Crippen molar-refractivity contribution in [2.75, 3.05) is 11.9 Å². The number of hydrogen-bond donors (Lipinski definition) is 3. The molecule has 1 aromatic carbocycles. The monoisotopic (exact) mass is 274 g/mol. The molecule has 0 spiro atoms. The summed E-state index contributed by atoms with van der Waals surface area (Å²) >= 11 is 0. The number of anilines is 1. The number of nitriles is 1. The minimum atomic E-state index is -0.542. The van der Waals surface area contributed by atoms with Crippen molar-refractivity contribution in [2.24, 2.45) is 0 Å². The molecule has 0 saturated carbocycles. The molecule has 6 nitrogen and oxygen atoms in total. The molecule has 0 heterocycles. The molecule has 0 aliphatic heterocycles. The van der Waals surface area contributed by atoms with Crippen LogP contribution in [0.25, 0.3) is 0 Å². The molecule has 0 aliphatic carbocycles. The average molecular weight is 274 g/mol. The number of carbonyl (C=O) groups is 2. The summed E-state index contributed by atoms with van der Waals surface area (Å²) in [5, 5.41) is 16.3. The van der Waals surface area contributed by atoms with Crippen LogP contribution < -0.4 is 16.0 Å². The first kappa shape index (κ1) is 15.5. The standard InChI is InChI=1S/C14H18N4O2/c1-3-16-14(20)18-13(19)10(2)17-12-6-4-11(5-7-12)8-9-15/h4-7,10,17H,3,8H2,1-2H3,(H2,16,18,19,20). The van der Waals surface area contributed by atoms with Crippen LogP contribution >= 0.6 is 0 Å². The van der Waals surface area contributed by atoms with Gasteiger partial charge in [0.05, 0.1) is 12.5 Å². The summed E-state index contributed by atoms with van der Waals surface area (Å²) in [6.07, 6.45) is 0.355. The average Bonchev–Trinajstić information content (AvgIpc) is 2.41. The number of nitrogens with one attached hydrogen (secondary N) is 3. The van der Waals surface area contributed by atoms with Gasteiger partial charge in [0, 0.05) is 12.2 Å². The van der Waals surface area contributed by atoms with Gasteiger partial charge < -0.3 is 10.6 Å². The van der Waals surface area contributed by atoms with Gasteiger partial charge in [0.15, 0.2) is 0 Å². The highest BCUT2D eigenvalue weighted by molar-refractivity contribution is 5.97. The molecule has 1 rings (SSSR count). The summed E-state index contributed by atoms with van der Waals surface area (Å²) in [6, 6.07) is 8.25. The van der Waals surface area contributed by atoms with Crippen molar-refractivity contribution >= 4 is 17.6 Å². The van der Waals surface area contributed by atoms with Crippen LogP contribution in [0.1, 0.15) is 19.4 Å². The van der Waals surface area contributed by atoms with Crippen molar-refractivity contribution < 1.29 is 9.59 Å². The fourth-order valence-electron chi connectivity index (χ4n) is 1.55. The smallest absolute Gasteiger partial charge is 0.321 e. The van der Waals surface area contributed by atoms with Crippen LogP contribution in [0.2, 0.25) is 0 Å². The Hall–Kier alpha value is -2.55. The maximum atomic E-state index is 11.7. The van der Waals surface area contributed by atoms with Crippen LogP contribution in [0.3, 0.4) is 0 Å². The molecule has 6 heteroatoms. The third-order valence-corrected chi connectivity index (χ3v) is 2.59. The minimum absolute atomic E-state index is 0.355. The van der Waals surface area contributed by atoms with E-state index in [1.807, 2.05) is 12.1 Å². The third kappa shape index (κ3) is 4.98. The molecule has 0 radical (unpaired) electrons. The van der Waals surface area contributed by atoms with Gasteiger partial charge in [0.2, 0.25) is 5.91 Å². The van der Waals surface area contributed by atoms with E-state index in [1.165, 1.54) is 0 Å². The number of urea groups is 1. The molecule has 1 atom stereocenters. The Morgan fingerprint density at radius 2 is 1.95 bits per heavy atom. The van der Waals surface area contributed by atoms with Crippen molar-refractivity contribution in [3.8, 4) is 6.07 Å². The van der Waals surface area contributed by atoms with E-state index >= 15 is 0 Å². The minimum Gasteiger partial charge on any atom is -0.374 e. The summed E-state index contributed by atoms with van der Waals surface area (Å²) in [7, 11) is 0. The first-order valence-corrected chi connectivity index (χ1v) is 6.38. The Morgan fingerprint density at radius 1 is 1.30 bits per heavy atom. The van der Waals surface area contributed by atoms with E-state index in [9.17, 15) is 9.59 Å². The second-order valence-electron chi connectivity index (χ2n) is 4.25. The molecule has 3 amide bonds. The molecule has 0 aromatic heterocycles.